The molecule has 1 heterocycles. The molecule has 0 N–H and O–H groups in total. The Morgan fingerprint density at radius 1 is 1.04 bits per heavy atom. The predicted molar refractivity (Wildman–Crippen MR) is 111 cm³/mol. The molecular formula is C22H21BrN2O2. The summed E-state index contributed by atoms with van der Waals surface area (Å²) in [7, 11) is 1.64. The van der Waals surface area contributed by atoms with Gasteiger partial charge in [0.2, 0.25) is 5.91 Å². The van der Waals surface area contributed by atoms with Gasteiger partial charge in [-0.3, -0.25) is 9.78 Å². The highest BCUT2D eigenvalue weighted by Crippen LogP contribution is 2.26. The first-order chi connectivity index (χ1) is 13.2. The lowest BCUT2D eigenvalue weighted by atomic mass is 10.1. The van der Waals surface area contributed by atoms with Gasteiger partial charge in [0.15, 0.2) is 0 Å². The number of carbonyl (C=O) groups is 1. The van der Waals surface area contributed by atoms with Crippen molar-refractivity contribution in [3.8, 4) is 5.75 Å². The molecule has 0 aliphatic heterocycles. The maximum absolute atomic E-state index is 13.0. The molecule has 5 heteroatoms. The first-order valence-electron chi connectivity index (χ1n) is 8.74. The van der Waals surface area contributed by atoms with Crippen molar-refractivity contribution in [2.24, 2.45) is 0 Å². The zero-order valence-corrected chi connectivity index (χ0v) is 16.7. The van der Waals surface area contributed by atoms with Crippen LogP contribution in [0, 0.1) is 0 Å². The van der Waals surface area contributed by atoms with E-state index in [1.165, 1.54) is 0 Å². The van der Waals surface area contributed by atoms with E-state index >= 15 is 0 Å². The standard InChI is InChI=1S/C22H21BrN2O2/c1-27-21-9-7-17(15-20(21)23)8-10-22(26)25(19-11-13-24-14-12-19)16-18-5-3-2-4-6-18/h2-7,9,11-15H,8,10,16H2,1H3. The molecule has 1 aromatic heterocycles. The highest BCUT2D eigenvalue weighted by molar-refractivity contribution is 9.10. The Bertz CT molecular complexity index is 885. The second kappa shape index (κ2) is 9.33. The Balaban J connectivity index is 1.74. The normalized spacial score (nSPS) is 10.4. The zero-order chi connectivity index (χ0) is 19.1. The van der Waals surface area contributed by atoms with Crippen LogP contribution in [-0.2, 0) is 17.8 Å². The van der Waals surface area contributed by atoms with Crippen LogP contribution in [0.1, 0.15) is 17.5 Å². The summed E-state index contributed by atoms with van der Waals surface area (Å²) < 4.78 is 6.15. The average Bonchev–Trinajstić information content (AvgIpc) is 2.72. The van der Waals surface area contributed by atoms with E-state index in [1.54, 1.807) is 19.5 Å². The highest BCUT2D eigenvalue weighted by Gasteiger charge is 2.16. The van der Waals surface area contributed by atoms with Crippen LogP contribution in [0.15, 0.2) is 77.5 Å². The van der Waals surface area contributed by atoms with Crippen LogP contribution < -0.4 is 9.64 Å². The molecule has 0 spiro atoms. The minimum Gasteiger partial charge on any atom is -0.496 e. The third-order valence-electron chi connectivity index (χ3n) is 4.30. The number of amides is 1. The summed E-state index contributed by atoms with van der Waals surface area (Å²) in [5, 5.41) is 0. The molecule has 0 atom stereocenters. The van der Waals surface area contributed by atoms with Gasteiger partial charge in [-0.15, -0.1) is 0 Å². The van der Waals surface area contributed by atoms with Crippen LogP contribution in [-0.4, -0.2) is 18.0 Å². The number of hydrogen-bond acceptors (Lipinski definition) is 3. The van der Waals surface area contributed by atoms with Crippen molar-refractivity contribution in [3.05, 3.63) is 88.7 Å². The van der Waals surface area contributed by atoms with Crippen molar-refractivity contribution < 1.29 is 9.53 Å². The van der Waals surface area contributed by atoms with Gasteiger partial charge in [0.05, 0.1) is 18.1 Å². The molecular weight excluding hydrogens is 404 g/mol. The van der Waals surface area contributed by atoms with Crippen molar-refractivity contribution in [2.75, 3.05) is 12.0 Å². The number of hydrogen-bond donors (Lipinski definition) is 0. The fourth-order valence-electron chi connectivity index (χ4n) is 2.87. The number of nitrogens with zero attached hydrogens (tertiary/aromatic N) is 2. The molecule has 3 aromatic rings. The second-order valence-corrected chi connectivity index (χ2v) is 6.99. The largest absolute Gasteiger partial charge is 0.496 e. The van der Waals surface area contributed by atoms with Crippen molar-refractivity contribution in [1.82, 2.24) is 4.98 Å². The number of aryl methyl sites for hydroxylation is 1. The molecule has 0 bridgehead atoms. The van der Waals surface area contributed by atoms with Crippen molar-refractivity contribution in [1.29, 1.82) is 0 Å². The zero-order valence-electron chi connectivity index (χ0n) is 15.1. The van der Waals surface area contributed by atoms with E-state index < -0.39 is 0 Å². The molecule has 4 nitrogen and oxygen atoms in total. The molecule has 0 unspecified atom stereocenters. The Morgan fingerprint density at radius 3 is 2.44 bits per heavy atom. The molecule has 1 amide bonds. The van der Waals surface area contributed by atoms with Gasteiger partial charge in [-0.2, -0.15) is 0 Å². The topological polar surface area (TPSA) is 42.4 Å². The van der Waals surface area contributed by atoms with E-state index in [9.17, 15) is 4.79 Å². The maximum Gasteiger partial charge on any atom is 0.227 e. The van der Waals surface area contributed by atoms with Gasteiger partial charge in [0.1, 0.15) is 5.75 Å². The summed E-state index contributed by atoms with van der Waals surface area (Å²) >= 11 is 3.50. The Labute approximate surface area is 167 Å². The molecule has 0 saturated heterocycles. The number of aromatic nitrogens is 1. The van der Waals surface area contributed by atoms with Gasteiger partial charge in [0, 0.05) is 24.5 Å². The fourth-order valence-corrected chi connectivity index (χ4v) is 3.45. The Hall–Kier alpha value is -2.66. The smallest absolute Gasteiger partial charge is 0.227 e. The van der Waals surface area contributed by atoms with E-state index in [0.29, 0.717) is 19.4 Å². The van der Waals surface area contributed by atoms with Crippen molar-refractivity contribution in [2.45, 2.75) is 19.4 Å². The van der Waals surface area contributed by atoms with E-state index in [2.05, 4.69) is 20.9 Å². The van der Waals surface area contributed by atoms with Gasteiger partial charge in [-0.05, 0) is 57.7 Å². The van der Waals surface area contributed by atoms with Crippen LogP contribution in [0.3, 0.4) is 0 Å². The maximum atomic E-state index is 13.0. The minimum atomic E-state index is 0.0805. The number of ether oxygens (including phenoxy) is 1. The molecule has 0 fully saturated rings. The van der Waals surface area contributed by atoms with Gasteiger partial charge in [0.25, 0.3) is 0 Å². The van der Waals surface area contributed by atoms with E-state index in [-0.39, 0.29) is 5.91 Å². The lowest BCUT2D eigenvalue weighted by molar-refractivity contribution is -0.118. The van der Waals surface area contributed by atoms with Crippen molar-refractivity contribution in [3.63, 3.8) is 0 Å². The van der Waals surface area contributed by atoms with E-state index in [4.69, 9.17) is 4.74 Å². The van der Waals surface area contributed by atoms with Crippen LogP contribution in [0.5, 0.6) is 5.75 Å². The third kappa shape index (κ3) is 5.17. The first kappa shape index (κ1) is 19.1. The van der Waals surface area contributed by atoms with E-state index in [1.807, 2.05) is 65.6 Å². The lowest BCUT2D eigenvalue weighted by Crippen LogP contribution is -2.30. The van der Waals surface area contributed by atoms with Gasteiger partial charge in [-0.1, -0.05) is 36.4 Å². The second-order valence-electron chi connectivity index (χ2n) is 6.14. The summed E-state index contributed by atoms with van der Waals surface area (Å²) in [6, 6.07) is 19.6. The molecule has 3 rings (SSSR count). The van der Waals surface area contributed by atoms with Crippen molar-refractivity contribution >= 4 is 27.5 Å². The highest BCUT2D eigenvalue weighted by atomic mass is 79.9. The first-order valence-corrected chi connectivity index (χ1v) is 9.53. The Kier molecular flexibility index (Phi) is 6.60. The number of carbonyl (C=O) groups excluding carboxylic acids is 1. The number of halogens is 1. The number of benzene rings is 2. The molecule has 0 aliphatic carbocycles. The molecule has 2 aromatic carbocycles. The SMILES string of the molecule is COc1ccc(CCC(=O)N(Cc2ccccc2)c2ccncc2)cc1Br. The fraction of sp³-hybridized carbons (Fsp3) is 0.182. The molecule has 138 valence electrons. The van der Waals surface area contributed by atoms with Gasteiger partial charge < -0.3 is 9.64 Å². The van der Waals surface area contributed by atoms with Crippen LogP contribution >= 0.6 is 15.9 Å². The summed E-state index contributed by atoms with van der Waals surface area (Å²) in [4.78, 5) is 18.9. The lowest BCUT2D eigenvalue weighted by Gasteiger charge is -2.23. The van der Waals surface area contributed by atoms with Crippen LogP contribution in [0.2, 0.25) is 0 Å². The van der Waals surface area contributed by atoms with Crippen LogP contribution in [0.4, 0.5) is 5.69 Å². The number of pyridine rings is 1. The molecule has 0 saturated carbocycles. The number of rotatable bonds is 7. The summed E-state index contributed by atoms with van der Waals surface area (Å²) in [5.41, 5.74) is 3.04. The summed E-state index contributed by atoms with van der Waals surface area (Å²) in [6.45, 7) is 0.538. The predicted octanol–water partition coefficient (Wildman–Crippen LogP) is 5.02. The molecule has 27 heavy (non-hydrogen) atoms. The number of anilines is 1. The van der Waals surface area contributed by atoms with Crippen LogP contribution in [0.25, 0.3) is 0 Å². The summed E-state index contributed by atoms with van der Waals surface area (Å²) in [5.74, 6) is 0.865. The quantitative estimate of drug-likeness (QED) is 0.534. The number of methoxy groups -OCH3 is 1. The monoisotopic (exact) mass is 424 g/mol. The molecule has 0 radical (unpaired) electrons. The minimum absolute atomic E-state index is 0.0805. The Morgan fingerprint density at radius 2 is 1.78 bits per heavy atom. The molecule has 0 aliphatic rings. The third-order valence-corrected chi connectivity index (χ3v) is 4.92. The van der Waals surface area contributed by atoms with Gasteiger partial charge >= 0.3 is 0 Å². The average molecular weight is 425 g/mol. The van der Waals surface area contributed by atoms with Gasteiger partial charge in [-0.25, -0.2) is 0 Å². The summed E-state index contributed by atoms with van der Waals surface area (Å²) in [6.07, 6.45) is 4.51. The van der Waals surface area contributed by atoms with E-state index in [0.717, 1.165) is 27.0 Å².